The van der Waals surface area contributed by atoms with E-state index < -0.39 is 22.0 Å². The van der Waals surface area contributed by atoms with E-state index in [1.165, 1.54) is 23.5 Å². The molecular formula is C24H20BrN3O3S2. The van der Waals surface area contributed by atoms with Crippen molar-refractivity contribution in [3.05, 3.63) is 100 Å². The Morgan fingerprint density at radius 1 is 0.939 bits per heavy atom. The van der Waals surface area contributed by atoms with E-state index in [1.54, 1.807) is 12.1 Å². The molecule has 0 fully saturated rings. The van der Waals surface area contributed by atoms with E-state index >= 15 is 0 Å². The lowest BCUT2D eigenvalue weighted by atomic mass is 10.1. The first-order valence-corrected chi connectivity index (χ1v) is 13.2. The SMILES string of the molecule is O=C(Nc1nc(-c2ccccc2)cs1)C(Cc1ccccc1)NS(=O)(=O)c1ccc(Br)cc1. The van der Waals surface area contributed by atoms with Crippen molar-refractivity contribution in [3.8, 4) is 11.3 Å². The van der Waals surface area contributed by atoms with Crippen molar-refractivity contribution < 1.29 is 13.2 Å². The highest BCUT2D eigenvalue weighted by atomic mass is 79.9. The van der Waals surface area contributed by atoms with Crippen molar-refractivity contribution >= 4 is 48.3 Å². The number of nitrogens with zero attached hydrogens (tertiary/aromatic N) is 1. The normalized spacial score (nSPS) is 12.3. The summed E-state index contributed by atoms with van der Waals surface area (Å²) in [5.74, 6) is -0.478. The summed E-state index contributed by atoms with van der Waals surface area (Å²) in [7, 11) is -3.92. The molecule has 0 bridgehead atoms. The number of thiazole rings is 1. The molecule has 2 N–H and O–H groups in total. The average Bonchev–Trinajstić information content (AvgIpc) is 3.28. The molecule has 168 valence electrons. The highest BCUT2D eigenvalue weighted by Gasteiger charge is 2.27. The van der Waals surface area contributed by atoms with Crippen LogP contribution in [0.1, 0.15) is 5.56 Å². The summed E-state index contributed by atoms with van der Waals surface area (Å²) in [5.41, 5.74) is 2.51. The average molecular weight is 542 g/mol. The zero-order chi connectivity index (χ0) is 23.3. The van der Waals surface area contributed by atoms with Gasteiger partial charge in [-0.3, -0.25) is 4.79 Å². The van der Waals surface area contributed by atoms with Crippen molar-refractivity contribution in [3.63, 3.8) is 0 Å². The third-order valence-electron chi connectivity index (χ3n) is 4.82. The van der Waals surface area contributed by atoms with Crippen molar-refractivity contribution in [1.82, 2.24) is 9.71 Å². The van der Waals surface area contributed by atoms with Gasteiger partial charge in [0.1, 0.15) is 6.04 Å². The number of amides is 1. The zero-order valence-corrected chi connectivity index (χ0v) is 20.5. The number of carbonyl (C=O) groups is 1. The maximum atomic E-state index is 13.1. The number of nitrogens with one attached hydrogen (secondary N) is 2. The van der Waals surface area contributed by atoms with E-state index in [2.05, 4.69) is 31.0 Å². The molecule has 1 aromatic heterocycles. The lowest BCUT2D eigenvalue weighted by molar-refractivity contribution is -0.117. The predicted octanol–water partition coefficient (Wildman–Crippen LogP) is 5.10. The number of hydrogen-bond donors (Lipinski definition) is 2. The van der Waals surface area contributed by atoms with Gasteiger partial charge in [0.15, 0.2) is 5.13 Å². The van der Waals surface area contributed by atoms with Gasteiger partial charge in [0.05, 0.1) is 10.6 Å². The van der Waals surface area contributed by atoms with Gasteiger partial charge in [0.2, 0.25) is 15.9 Å². The highest BCUT2D eigenvalue weighted by molar-refractivity contribution is 9.10. The minimum Gasteiger partial charge on any atom is -0.301 e. The Hall–Kier alpha value is -2.85. The van der Waals surface area contributed by atoms with Gasteiger partial charge in [-0.25, -0.2) is 13.4 Å². The number of benzene rings is 3. The fourth-order valence-electron chi connectivity index (χ4n) is 3.17. The number of hydrogen-bond acceptors (Lipinski definition) is 5. The Labute approximate surface area is 204 Å². The van der Waals surface area contributed by atoms with E-state index in [9.17, 15) is 13.2 Å². The Kier molecular flexibility index (Phi) is 7.34. The van der Waals surface area contributed by atoms with Gasteiger partial charge in [-0.05, 0) is 36.2 Å². The van der Waals surface area contributed by atoms with Gasteiger partial charge in [0.25, 0.3) is 0 Å². The van der Waals surface area contributed by atoms with E-state index in [4.69, 9.17) is 0 Å². The minimum atomic E-state index is -3.92. The molecular weight excluding hydrogens is 522 g/mol. The van der Waals surface area contributed by atoms with Crippen LogP contribution < -0.4 is 10.0 Å². The summed E-state index contributed by atoms with van der Waals surface area (Å²) >= 11 is 4.59. The van der Waals surface area contributed by atoms with Gasteiger partial charge in [0, 0.05) is 15.4 Å². The van der Waals surface area contributed by atoms with Crippen molar-refractivity contribution in [2.24, 2.45) is 0 Å². The largest absolute Gasteiger partial charge is 0.301 e. The molecule has 9 heteroatoms. The fourth-order valence-corrected chi connectivity index (χ4v) is 5.35. The second-order valence-corrected chi connectivity index (χ2v) is 10.7. The molecule has 4 aromatic rings. The first-order chi connectivity index (χ1) is 15.9. The Balaban J connectivity index is 1.56. The van der Waals surface area contributed by atoms with Crippen LogP contribution in [0.15, 0.2) is 99.7 Å². The maximum Gasteiger partial charge on any atom is 0.244 e. The second kappa shape index (κ2) is 10.4. The summed E-state index contributed by atoms with van der Waals surface area (Å²) in [6, 6.07) is 24.1. The molecule has 1 atom stereocenters. The molecule has 0 spiro atoms. The number of halogens is 1. The predicted molar refractivity (Wildman–Crippen MR) is 135 cm³/mol. The summed E-state index contributed by atoms with van der Waals surface area (Å²) in [5, 5.41) is 5.02. The number of carbonyl (C=O) groups excluding carboxylic acids is 1. The van der Waals surface area contributed by atoms with Crippen molar-refractivity contribution in [2.75, 3.05) is 5.32 Å². The van der Waals surface area contributed by atoms with E-state index in [-0.39, 0.29) is 11.3 Å². The van der Waals surface area contributed by atoms with Gasteiger partial charge in [-0.15, -0.1) is 11.3 Å². The molecule has 0 saturated carbocycles. The summed E-state index contributed by atoms with van der Waals surface area (Å²) in [4.78, 5) is 17.7. The van der Waals surface area contributed by atoms with Crippen LogP contribution in [-0.2, 0) is 21.2 Å². The van der Waals surface area contributed by atoms with Gasteiger partial charge >= 0.3 is 0 Å². The first-order valence-electron chi connectivity index (χ1n) is 10.0. The molecule has 0 aliphatic heterocycles. The Bertz CT molecular complexity index is 1330. The van der Waals surface area contributed by atoms with Crippen LogP contribution in [0.3, 0.4) is 0 Å². The third kappa shape index (κ3) is 6.14. The third-order valence-corrected chi connectivity index (χ3v) is 7.60. The molecule has 1 heterocycles. The van der Waals surface area contributed by atoms with Crippen LogP contribution in [0.5, 0.6) is 0 Å². The molecule has 1 unspecified atom stereocenters. The second-order valence-electron chi connectivity index (χ2n) is 7.21. The van der Waals surface area contributed by atoms with E-state index in [1.807, 2.05) is 66.0 Å². The molecule has 0 aliphatic carbocycles. The maximum absolute atomic E-state index is 13.1. The lowest BCUT2D eigenvalue weighted by Crippen LogP contribution is -2.45. The smallest absolute Gasteiger partial charge is 0.244 e. The van der Waals surface area contributed by atoms with Crippen LogP contribution in [0.25, 0.3) is 11.3 Å². The Morgan fingerprint density at radius 3 is 2.24 bits per heavy atom. The van der Waals surface area contributed by atoms with Crippen molar-refractivity contribution in [2.45, 2.75) is 17.4 Å². The van der Waals surface area contributed by atoms with Crippen LogP contribution in [0.2, 0.25) is 0 Å². The van der Waals surface area contributed by atoms with Crippen LogP contribution in [0, 0.1) is 0 Å². The number of aromatic nitrogens is 1. The number of sulfonamides is 1. The summed E-state index contributed by atoms with van der Waals surface area (Å²) < 4.78 is 29.3. The standard InChI is InChI=1S/C24H20BrN3O3S2/c25-19-11-13-20(14-12-19)33(30,31)28-21(15-17-7-3-1-4-8-17)23(29)27-24-26-22(16-32-24)18-9-5-2-6-10-18/h1-14,16,21,28H,15H2,(H,26,27,29). The Morgan fingerprint density at radius 2 is 1.58 bits per heavy atom. The molecule has 0 aliphatic rings. The monoisotopic (exact) mass is 541 g/mol. The molecule has 6 nitrogen and oxygen atoms in total. The topological polar surface area (TPSA) is 88.2 Å². The molecule has 0 radical (unpaired) electrons. The summed E-state index contributed by atoms with van der Waals surface area (Å²) in [6.45, 7) is 0. The zero-order valence-electron chi connectivity index (χ0n) is 17.3. The van der Waals surface area contributed by atoms with E-state index in [0.29, 0.717) is 5.13 Å². The fraction of sp³-hybridized carbons (Fsp3) is 0.0833. The number of rotatable bonds is 8. The first kappa shape index (κ1) is 23.3. The molecule has 4 rings (SSSR count). The molecule has 3 aromatic carbocycles. The van der Waals surface area contributed by atoms with Crippen molar-refractivity contribution in [1.29, 1.82) is 0 Å². The summed E-state index contributed by atoms with van der Waals surface area (Å²) in [6.07, 6.45) is 0.194. The van der Waals surface area contributed by atoms with Crippen LogP contribution in [0.4, 0.5) is 5.13 Å². The van der Waals surface area contributed by atoms with Gasteiger partial charge in [-0.1, -0.05) is 76.6 Å². The quantitative estimate of drug-likeness (QED) is 0.324. The lowest BCUT2D eigenvalue weighted by Gasteiger charge is -2.18. The molecule has 0 saturated heterocycles. The van der Waals surface area contributed by atoms with Gasteiger partial charge in [-0.2, -0.15) is 4.72 Å². The van der Waals surface area contributed by atoms with Crippen LogP contribution in [-0.4, -0.2) is 25.4 Å². The molecule has 1 amide bonds. The minimum absolute atomic E-state index is 0.0807. The van der Waals surface area contributed by atoms with E-state index in [0.717, 1.165) is 21.3 Å². The number of anilines is 1. The molecule has 33 heavy (non-hydrogen) atoms. The highest BCUT2D eigenvalue weighted by Crippen LogP contribution is 2.25. The van der Waals surface area contributed by atoms with Crippen LogP contribution >= 0.6 is 27.3 Å². The van der Waals surface area contributed by atoms with Gasteiger partial charge < -0.3 is 5.32 Å².